The lowest BCUT2D eigenvalue weighted by atomic mass is 10.0. The van der Waals surface area contributed by atoms with E-state index in [2.05, 4.69) is 4.90 Å². The highest BCUT2D eigenvalue weighted by Crippen LogP contribution is 2.41. The van der Waals surface area contributed by atoms with Crippen LogP contribution in [-0.2, 0) is 6.54 Å². The zero-order valence-corrected chi connectivity index (χ0v) is 10.9. The van der Waals surface area contributed by atoms with Crippen LogP contribution in [0.25, 0.3) is 0 Å². The first-order chi connectivity index (χ1) is 8.76. The topological polar surface area (TPSA) is 32.7 Å². The molecule has 0 radical (unpaired) electrons. The van der Waals surface area contributed by atoms with Gasteiger partial charge in [-0.25, -0.2) is 0 Å². The van der Waals surface area contributed by atoms with E-state index in [9.17, 15) is 5.11 Å². The zero-order chi connectivity index (χ0) is 12.5. The van der Waals surface area contributed by atoms with Gasteiger partial charge in [-0.1, -0.05) is 6.07 Å². The molecule has 1 aliphatic carbocycles. The Morgan fingerprint density at radius 3 is 2.78 bits per heavy atom. The highest BCUT2D eigenvalue weighted by molar-refractivity contribution is 5.41. The highest BCUT2D eigenvalue weighted by atomic mass is 16.5. The zero-order valence-electron chi connectivity index (χ0n) is 10.9. The minimum absolute atomic E-state index is 0.243. The second-order valence-corrected chi connectivity index (χ2v) is 5.63. The summed E-state index contributed by atoms with van der Waals surface area (Å²) in [7, 11) is 1.58. The molecule has 3 rings (SSSR count). The van der Waals surface area contributed by atoms with Crippen LogP contribution in [0.15, 0.2) is 18.2 Å². The summed E-state index contributed by atoms with van der Waals surface area (Å²) in [5.74, 6) is 2.74. The van der Waals surface area contributed by atoms with Crippen molar-refractivity contribution in [3.8, 4) is 11.5 Å². The van der Waals surface area contributed by atoms with E-state index in [-0.39, 0.29) is 5.75 Å². The van der Waals surface area contributed by atoms with Gasteiger partial charge in [-0.2, -0.15) is 0 Å². The van der Waals surface area contributed by atoms with E-state index in [1.165, 1.54) is 37.9 Å². The Labute approximate surface area is 108 Å². The highest BCUT2D eigenvalue weighted by Gasteiger charge is 2.35. The summed E-state index contributed by atoms with van der Waals surface area (Å²) in [6.45, 7) is 3.38. The Morgan fingerprint density at radius 2 is 2.11 bits per heavy atom. The summed E-state index contributed by atoms with van der Waals surface area (Å²) in [5, 5.41) is 9.77. The van der Waals surface area contributed by atoms with Crippen molar-refractivity contribution >= 4 is 0 Å². The van der Waals surface area contributed by atoms with Gasteiger partial charge in [0.1, 0.15) is 0 Å². The molecule has 1 aliphatic heterocycles. The van der Waals surface area contributed by atoms with Crippen molar-refractivity contribution in [1.29, 1.82) is 0 Å². The molecule has 1 aromatic rings. The molecular formula is C15H21NO2. The van der Waals surface area contributed by atoms with Crippen LogP contribution in [-0.4, -0.2) is 30.2 Å². The number of benzene rings is 1. The lowest BCUT2D eigenvalue weighted by Crippen LogP contribution is -2.20. The smallest absolute Gasteiger partial charge is 0.160 e. The second-order valence-electron chi connectivity index (χ2n) is 5.63. The molecule has 0 aromatic heterocycles. The molecule has 1 saturated heterocycles. The number of hydrogen-bond acceptors (Lipinski definition) is 3. The second kappa shape index (κ2) is 4.81. The van der Waals surface area contributed by atoms with Gasteiger partial charge in [0, 0.05) is 13.1 Å². The number of methoxy groups -OCH3 is 1. The third-order valence-corrected chi connectivity index (χ3v) is 4.25. The van der Waals surface area contributed by atoms with Gasteiger partial charge in [0.25, 0.3) is 0 Å². The molecule has 0 spiro atoms. The molecule has 18 heavy (non-hydrogen) atoms. The first kappa shape index (κ1) is 11.8. The number of rotatable bonds is 4. The average Bonchev–Trinajstić information content (AvgIpc) is 3.11. The summed E-state index contributed by atoms with van der Waals surface area (Å²) in [6, 6.07) is 5.71. The number of hydrogen-bond donors (Lipinski definition) is 1. The van der Waals surface area contributed by atoms with Crippen molar-refractivity contribution in [2.24, 2.45) is 11.8 Å². The van der Waals surface area contributed by atoms with Crippen molar-refractivity contribution in [3.05, 3.63) is 23.8 Å². The summed E-state index contributed by atoms with van der Waals surface area (Å²) >= 11 is 0. The molecule has 1 N–H and O–H groups in total. The minimum atomic E-state index is 0.243. The van der Waals surface area contributed by atoms with E-state index in [4.69, 9.17) is 4.74 Å². The van der Waals surface area contributed by atoms with Gasteiger partial charge in [0.15, 0.2) is 11.5 Å². The SMILES string of the molecule is COc1ccc(CN2CCC(C3CC3)C2)cc1O. The van der Waals surface area contributed by atoms with Gasteiger partial charge in [0.05, 0.1) is 7.11 Å². The maximum absolute atomic E-state index is 9.77. The summed E-state index contributed by atoms with van der Waals surface area (Å²) in [4.78, 5) is 2.50. The monoisotopic (exact) mass is 247 g/mol. The molecule has 0 bridgehead atoms. The van der Waals surface area contributed by atoms with Crippen LogP contribution in [0.2, 0.25) is 0 Å². The van der Waals surface area contributed by atoms with Crippen molar-refractivity contribution in [1.82, 2.24) is 4.90 Å². The number of ether oxygens (including phenoxy) is 1. The number of likely N-dealkylation sites (tertiary alicyclic amines) is 1. The van der Waals surface area contributed by atoms with Crippen molar-refractivity contribution in [3.63, 3.8) is 0 Å². The first-order valence-electron chi connectivity index (χ1n) is 6.84. The van der Waals surface area contributed by atoms with E-state index in [0.717, 1.165) is 18.4 Å². The molecule has 2 aliphatic rings. The molecule has 1 atom stereocenters. The van der Waals surface area contributed by atoms with Gasteiger partial charge < -0.3 is 9.84 Å². The van der Waals surface area contributed by atoms with Gasteiger partial charge in [-0.05, 0) is 55.3 Å². The quantitative estimate of drug-likeness (QED) is 0.887. The van der Waals surface area contributed by atoms with Gasteiger partial charge >= 0.3 is 0 Å². The molecule has 3 heteroatoms. The van der Waals surface area contributed by atoms with E-state index >= 15 is 0 Å². The number of nitrogens with zero attached hydrogens (tertiary/aromatic N) is 1. The fraction of sp³-hybridized carbons (Fsp3) is 0.600. The maximum atomic E-state index is 9.77. The summed E-state index contributed by atoms with van der Waals surface area (Å²) < 4.78 is 5.06. The van der Waals surface area contributed by atoms with Gasteiger partial charge in [0.2, 0.25) is 0 Å². The number of phenols is 1. The van der Waals surface area contributed by atoms with Crippen molar-refractivity contribution < 1.29 is 9.84 Å². The molecule has 1 unspecified atom stereocenters. The van der Waals surface area contributed by atoms with Crippen LogP contribution in [0, 0.1) is 11.8 Å². The Hall–Kier alpha value is -1.22. The minimum Gasteiger partial charge on any atom is -0.504 e. The largest absolute Gasteiger partial charge is 0.504 e. The summed E-state index contributed by atoms with van der Waals surface area (Å²) in [5.41, 5.74) is 1.17. The lowest BCUT2D eigenvalue weighted by molar-refractivity contribution is 0.308. The normalized spacial score (nSPS) is 24.4. The maximum Gasteiger partial charge on any atom is 0.160 e. The number of phenolic OH excluding ortho intramolecular Hbond substituents is 1. The standard InChI is InChI=1S/C15H21NO2/c1-18-15-5-2-11(8-14(15)17)9-16-7-6-13(10-16)12-3-4-12/h2,5,8,12-13,17H,3-4,6-7,9-10H2,1H3. The van der Waals surface area contributed by atoms with Crippen LogP contribution < -0.4 is 4.74 Å². The molecule has 0 amide bonds. The van der Waals surface area contributed by atoms with E-state index < -0.39 is 0 Å². The Morgan fingerprint density at radius 1 is 1.28 bits per heavy atom. The summed E-state index contributed by atoms with van der Waals surface area (Å²) in [6.07, 6.45) is 4.25. The molecule has 98 valence electrons. The van der Waals surface area contributed by atoms with Gasteiger partial charge in [-0.3, -0.25) is 4.90 Å². The van der Waals surface area contributed by atoms with Crippen LogP contribution in [0.5, 0.6) is 11.5 Å². The molecule has 1 saturated carbocycles. The molecule has 1 heterocycles. The Bertz CT molecular complexity index is 429. The first-order valence-corrected chi connectivity index (χ1v) is 6.84. The lowest BCUT2D eigenvalue weighted by Gasteiger charge is -2.16. The van der Waals surface area contributed by atoms with Crippen LogP contribution >= 0.6 is 0 Å². The fourth-order valence-electron chi connectivity index (χ4n) is 3.05. The predicted molar refractivity (Wildman–Crippen MR) is 70.8 cm³/mol. The Kier molecular flexibility index (Phi) is 3.16. The molecule has 3 nitrogen and oxygen atoms in total. The van der Waals surface area contributed by atoms with E-state index in [1.807, 2.05) is 18.2 Å². The van der Waals surface area contributed by atoms with Crippen LogP contribution in [0.4, 0.5) is 0 Å². The average molecular weight is 247 g/mol. The third-order valence-electron chi connectivity index (χ3n) is 4.25. The third kappa shape index (κ3) is 2.46. The van der Waals surface area contributed by atoms with E-state index in [1.54, 1.807) is 7.11 Å². The Balaban J connectivity index is 1.60. The van der Waals surface area contributed by atoms with E-state index in [0.29, 0.717) is 5.75 Å². The number of aromatic hydroxyl groups is 1. The van der Waals surface area contributed by atoms with Crippen molar-refractivity contribution in [2.45, 2.75) is 25.8 Å². The molecule has 1 aromatic carbocycles. The molecular weight excluding hydrogens is 226 g/mol. The molecule has 2 fully saturated rings. The predicted octanol–water partition coefficient (Wildman–Crippen LogP) is 2.63. The van der Waals surface area contributed by atoms with Crippen molar-refractivity contribution in [2.75, 3.05) is 20.2 Å². The van der Waals surface area contributed by atoms with Crippen LogP contribution in [0.1, 0.15) is 24.8 Å². The van der Waals surface area contributed by atoms with Crippen LogP contribution in [0.3, 0.4) is 0 Å². The van der Waals surface area contributed by atoms with Gasteiger partial charge in [-0.15, -0.1) is 0 Å². The fourth-order valence-corrected chi connectivity index (χ4v) is 3.05.